The Morgan fingerprint density at radius 3 is 2.53 bits per heavy atom. The van der Waals surface area contributed by atoms with Gasteiger partial charge in [-0.1, -0.05) is 30.3 Å². The third-order valence-corrected chi connectivity index (χ3v) is 2.11. The van der Waals surface area contributed by atoms with E-state index in [4.69, 9.17) is 9.84 Å². The average Bonchev–Trinajstić information content (AvgIpc) is 2.62. The van der Waals surface area contributed by atoms with Crippen LogP contribution in [0.5, 0.6) is 0 Å². The van der Waals surface area contributed by atoms with E-state index in [2.05, 4.69) is 0 Å². The number of carboxylic acid groups (broad SMARTS) is 1. The summed E-state index contributed by atoms with van der Waals surface area (Å²) in [7, 11) is 0. The lowest BCUT2D eigenvalue weighted by Gasteiger charge is -2.02. The molecule has 76 valence electrons. The number of esters is 1. The number of cyclic esters (lactones) is 1. The van der Waals surface area contributed by atoms with Crippen molar-refractivity contribution in [3.8, 4) is 0 Å². The van der Waals surface area contributed by atoms with Gasteiger partial charge in [0.1, 0.15) is 5.76 Å². The SMILES string of the molecule is O=C1CC(C(=O)O)=C(c2ccccc2)O1. The molecule has 0 atom stereocenters. The van der Waals surface area contributed by atoms with Crippen LogP contribution >= 0.6 is 0 Å². The van der Waals surface area contributed by atoms with Crippen LogP contribution in [0, 0.1) is 0 Å². The quantitative estimate of drug-likeness (QED) is 0.740. The molecule has 2 rings (SSSR count). The number of benzene rings is 1. The minimum Gasteiger partial charge on any atom is -0.478 e. The lowest BCUT2D eigenvalue weighted by atomic mass is 10.1. The molecule has 0 unspecified atom stereocenters. The molecule has 0 aromatic heterocycles. The summed E-state index contributed by atoms with van der Waals surface area (Å²) < 4.78 is 4.88. The third-order valence-electron chi connectivity index (χ3n) is 2.11. The lowest BCUT2D eigenvalue weighted by Crippen LogP contribution is -2.00. The highest BCUT2D eigenvalue weighted by Crippen LogP contribution is 2.28. The Morgan fingerprint density at radius 2 is 1.93 bits per heavy atom. The van der Waals surface area contributed by atoms with Gasteiger partial charge in [-0.3, -0.25) is 4.79 Å². The summed E-state index contributed by atoms with van der Waals surface area (Å²) in [6.45, 7) is 0. The second-order valence-corrected chi connectivity index (χ2v) is 3.13. The molecule has 0 aliphatic carbocycles. The Kier molecular flexibility index (Phi) is 2.25. The maximum absolute atomic E-state index is 11.0. The summed E-state index contributed by atoms with van der Waals surface area (Å²) in [6.07, 6.45) is -0.167. The largest absolute Gasteiger partial charge is 0.478 e. The predicted molar refractivity (Wildman–Crippen MR) is 51.7 cm³/mol. The molecule has 0 fully saturated rings. The maximum Gasteiger partial charge on any atom is 0.335 e. The van der Waals surface area contributed by atoms with E-state index in [1.54, 1.807) is 30.3 Å². The molecule has 1 N–H and O–H groups in total. The van der Waals surface area contributed by atoms with Gasteiger partial charge in [0, 0.05) is 5.56 Å². The number of carboxylic acids is 1. The number of aliphatic carboxylic acids is 1. The van der Waals surface area contributed by atoms with Gasteiger partial charge in [0.2, 0.25) is 0 Å². The first-order valence-corrected chi connectivity index (χ1v) is 4.41. The van der Waals surface area contributed by atoms with Crippen molar-refractivity contribution >= 4 is 17.7 Å². The number of carbonyl (C=O) groups excluding carboxylic acids is 1. The predicted octanol–water partition coefficient (Wildman–Crippen LogP) is 1.43. The highest BCUT2D eigenvalue weighted by molar-refractivity contribution is 6.04. The Balaban J connectivity index is 2.46. The first-order valence-electron chi connectivity index (χ1n) is 4.41. The van der Waals surface area contributed by atoms with Crippen molar-refractivity contribution in [1.82, 2.24) is 0 Å². The molecule has 1 aliphatic rings. The molecule has 1 aromatic carbocycles. The van der Waals surface area contributed by atoms with Gasteiger partial charge in [-0.2, -0.15) is 0 Å². The zero-order valence-electron chi connectivity index (χ0n) is 7.77. The molecule has 1 aliphatic heterocycles. The molecule has 4 nitrogen and oxygen atoms in total. The molecular weight excluding hydrogens is 196 g/mol. The van der Waals surface area contributed by atoms with E-state index < -0.39 is 11.9 Å². The van der Waals surface area contributed by atoms with Crippen molar-refractivity contribution in [2.24, 2.45) is 0 Å². The van der Waals surface area contributed by atoms with E-state index in [1.165, 1.54) is 0 Å². The summed E-state index contributed by atoms with van der Waals surface area (Å²) >= 11 is 0. The fraction of sp³-hybridized carbons (Fsp3) is 0.0909. The molecule has 0 bridgehead atoms. The standard InChI is InChI=1S/C11H8O4/c12-9-6-8(11(13)14)10(15-9)7-4-2-1-3-5-7/h1-5H,6H2,(H,13,14). The first-order chi connectivity index (χ1) is 7.18. The average molecular weight is 204 g/mol. The van der Waals surface area contributed by atoms with Crippen LogP contribution < -0.4 is 0 Å². The van der Waals surface area contributed by atoms with Gasteiger partial charge in [0.25, 0.3) is 0 Å². The van der Waals surface area contributed by atoms with Crippen LogP contribution in [-0.2, 0) is 14.3 Å². The number of ether oxygens (including phenoxy) is 1. The smallest absolute Gasteiger partial charge is 0.335 e. The number of rotatable bonds is 2. The molecule has 0 saturated heterocycles. The van der Waals surface area contributed by atoms with E-state index in [0.29, 0.717) is 5.56 Å². The van der Waals surface area contributed by atoms with Crippen molar-refractivity contribution in [2.45, 2.75) is 6.42 Å². The minimum atomic E-state index is -1.11. The van der Waals surface area contributed by atoms with Crippen LogP contribution in [0.25, 0.3) is 5.76 Å². The van der Waals surface area contributed by atoms with E-state index >= 15 is 0 Å². The van der Waals surface area contributed by atoms with E-state index in [-0.39, 0.29) is 17.8 Å². The highest BCUT2D eigenvalue weighted by atomic mass is 16.5. The second kappa shape index (κ2) is 3.57. The van der Waals surface area contributed by atoms with Crippen LogP contribution in [0.1, 0.15) is 12.0 Å². The van der Waals surface area contributed by atoms with Crippen LogP contribution in [0.4, 0.5) is 0 Å². The monoisotopic (exact) mass is 204 g/mol. The van der Waals surface area contributed by atoms with Gasteiger partial charge in [-0.05, 0) is 0 Å². The van der Waals surface area contributed by atoms with Crippen molar-refractivity contribution in [3.05, 3.63) is 41.5 Å². The first kappa shape index (κ1) is 9.45. The Hall–Kier alpha value is -2.10. The number of carbonyl (C=O) groups is 2. The van der Waals surface area contributed by atoms with Crippen molar-refractivity contribution in [2.75, 3.05) is 0 Å². The van der Waals surface area contributed by atoms with Gasteiger partial charge in [0.05, 0.1) is 12.0 Å². The van der Waals surface area contributed by atoms with Gasteiger partial charge in [-0.25, -0.2) is 4.79 Å². The summed E-state index contributed by atoms with van der Waals surface area (Å²) in [4.78, 5) is 21.9. The van der Waals surface area contributed by atoms with Gasteiger partial charge in [-0.15, -0.1) is 0 Å². The van der Waals surface area contributed by atoms with E-state index in [0.717, 1.165) is 0 Å². The zero-order chi connectivity index (χ0) is 10.8. The molecular formula is C11H8O4. The molecule has 0 radical (unpaired) electrons. The van der Waals surface area contributed by atoms with Crippen molar-refractivity contribution < 1.29 is 19.4 Å². The highest BCUT2D eigenvalue weighted by Gasteiger charge is 2.29. The zero-order valence-corrected chi connectivity index (χ0v) is 7.77. The molecule has 1 heterocycles. The number of hydrogen-bond acceptors (Lipinski definition) is 3. The summed E-state index contributed by atoms with van der Waals surface area (Å²) in [5, 5.41) is 8.87. The van der Waals surface area contributed by atoms with E-state index in [1.807, 2.05) is 0 Å². The van der Waals surface area contributed by atoms with Crippen LogP contribution in [0.3, 0.4) is 0 Å². The second-order valence-electron chi connectivity index (χ2n) is 3.13. The Labute approximate surface area is 85.8 Å². The molecule has 0 amide bonds. The fourth-order valence-electron chi connectivity index (χ4n) is 1.43. The normalized spacial score (nSPS) is 15.3. The summed E-state index contributed by atoms with van der Waals surface area (Å²) in [5.74, 6) is -1.47. The van der Waals surface area contributed by atoms with Crippen molar-refractivity contribution in [1.29, 1.82) is 0 Å². The molecule has 15 heavy (non-hydrogen) atoms. The van der Waals surface area contributed by atoms with Crippen LogP contribution in [0.2, 0.25) is 0 Å². The number of hydrogen-bond donors (Lipinski definition) is 1. The topological polar surface area (TPSA) is 63.6 Å². The summed E-state index contributed by atoms with van der Waals surface area (Å²) in [6, 6.07) is 8.73. The maximum atomic E-state index is 11.0. The Morgan fingerprint density at radius 1 is 1.27 bits per heavy atom. The molecule has 0 spiro atoms. The molecule has 0 saturated carbocycles. The van der Waals surface area contributed by atoms with Crippen molar-refractivity contribution in [3.63, 3.8) is 0 Å². The Bertz CT molecular complexity index is 445. The van der Waals surface area contributed by atoms with Gasteiger partial charge >= 0.3 is 11.9 Å². The fourth-order valence-corrected chi connectivity index (χ4v) is 1.43. The minimum absolute atomic E-state index is 0.0196. The lowest BCUT2D eigenvalue weighted by molar-refractivity contribution is -0.136. The van der Waals surface area contributed by atoms with Crippen LogP contribution in [-0.4, -0.2) is 17.0 Å². The molecule has 4 heteroatoms. The van der Waals surface area contributed by atoms with Gasteiger partial charge < -0.3 is 9.84 Å². The summed E-state index contributed by atoms with van der Waals surface area (Å²) in [5.41, 5.74) is 0.631. The van der Waals surface area contributed by atoms with E-state index in [9.17, 15) is 9.59 Å². The molecule has 1 aromatic rings. The third kappa shape index (κ3) is 1.74. The van der Waals surface area contributed by atoms with Gasteiger partial charge in [0.15, 0.2) is 0 Å². The van der Waals surface area contributed by atoms with Crippen LogP contribution in [0.15, 0.2) is 35.9 Å².